The van der Waals surface area contributed by atoms with Crippen LogP contribution >= 0.6 is 0 Å². The van der Waals surface area contributed by atoms with E-state index < -0.39 is 9.85 Å². The zero-order valence-electron chi connectivity index (χ0n) is 18.2. The Morgan fingerprint density at radius 2 is 1.44 bits per heavy atom. The van der Waals surface area contributed by atoms with Crippen molar-refractivity contribution in [2.75, 3.05) is 28.7 Å². The SMILES string of the molecule is C/C(=N/Nc1nc(Nc2ccc([N+](=O)[O-])cc2)nc(N2CCCC2)n1)c1ccc([N+](=O)[O-])cc1. The first-order valence-electron chi connectivity index (χ1n) is 10.5. The van der Waals surface area contributed by atoms with Gasteiger partial charge in [0.05, 0.1) is 15.6 Å². The third-order valence-corrected chi connectivity index (χ3v) is 5.17. The highest BCUT2D eigenvalue weighted by Crippen LogP contribution is 2.22. The fourth-order valence-corrected chi connectivity index (χ4v) is 3.35. The molecule has 1 aromatic heterocycles. The fraction of sp³-hybridized carbons (Fsp3) is 0.238. The molecule has 2 N–H and O–H groups in total. The van der Waals surface area contributed by atoms with Gasteiger partial charge in [-0.25, -0.2) is 5.43 Å². The highest BCUT2D eigenvalue weighted by Gasteiger charge is 2.18. The van der Waals surface area contributed by atoms with Gasteiger partial charge in [-0.2, -0.15) is 20.1 Å². The van der Waals surface area contributed by atoms with Crippen molar-refractivity contribution >= 4 is 40.6 Å². The summed E-state index contributed by atoms with van der Waals surface area (Å²) >= 11 is 0. The van der Waals surface area contributed by atoms with E-state index in [0.717, 1.165) is 25.9 Å². The second-order valence-corrected chi connectivity index (χ2v) is 7.52. The Kier molecular flexibility index (Phi) is 6.52. The van der Waals surface area contributed by atoms with E-state index in [0.29, 0.717) is 22.9 Å². The molecule has 0 unspecified atom stereocenters. The summed E-state index contributed by atoms with van der Waals surface area (Å²) in [7, 11) is 0. The number of hydrogen-bond donors (Lipinski definition) is 2. The van der Waals surface area contributed by atoms with E-state index in [4.69, 9.17) is 0 Å². The van der Waals surface area contributed by atoms with E-state index >= 15 is 0 Å². The summed E-state index contributed by atoms with van der Waals surface area (Å²) in [5, 5.41) is 29.1. The van der Waals surface area contributed by atoms with Crippen molar-refractivity contribution in [3.63, 3.8) is 0 Å². The zero-order chi connectivity index (χ0) is 24.1. The molecule has 4 rings (SSSR count). The van der Waals surface area contributed by atoms with E-state index in [1.165, 1.54) is 24.3 Å². The highest BCUT2D eigenvalue weighted by molar-refractivity contribution is 5.99. The first-order chi connectivity index (χ1) is 16.4. The van der Waals surface area contributed by atoms with Crippen molar-refractivity contribution in [1.82, 2.24) is 15.0 Å². The van der Waals surface area contributed by atoms with Crippen LogP contribution in [0.15, 0.2) is 53.6 Å². The lowest BCUT2D eigenvalue weighted by Crippen LogP contribution is -2.22. The molecule has 0 atom stereocenters. The van der Waals surface area contributed by atoms with Crippen LogP contribution in [0.4, 0.5) is 34.9 Å². The summed E-state index contributed by atoms with van der Waals surface area (Å²) in [4.78, 5) is 36.1. The molecule has 2 aromatic carbocycles. The van der Waals surface area contributed by atoms with Crippen LogP contribution in [0, 0.1) is 20.2 Å². The second kappa shape index (κ2) is 9.85. The maximum atomic E-state index is 10.9. The van der Waals surface area contributed by atoms with Gasteiger partial charge < -0.3 is 10.2 Å². The highest BCUT2D eigenvalue weighted by atomic mass is 16.6. The third-order valence-electron chi connectivity index (χ3n) is 5.17. The molecule has 34 heavy (non-hydrogen) atoms. The molecule has 2 heterocycles. The van der Waals surface area contributed by atoms with E-state index in [-0.39, 0.29) is 23.3 Å². The van der Waals surface area contributed by atoms with Crippen LogP contribution in [-0.4, -0.2) is 43.6 Å². The third kappa shape index (κ3) is 5.38. The number of non-ortho nitro benzene ring substituents is 2. The normalized spacial score (nSPS) is 13.6. The lowest BCUT2D eigenvalue weighted by Gasteiger charge is -2.16. The minimum Gasteiger partial charge on any atom is -0.341 e. The van der Waals surface area contributed by atoms with Gasteiger partial charge in [0.25, 0.3) is 11.4 Å². The van der Waals surface area contributed by atoms with Crippen molar-refractivity contribution in [3.05, 3.63) is 74.3 Å². The molecule has 0 amide bonds. The molecule has 1 aliphatic rings. The van der Waals surface area contributed by atoms with Crippen molar-refractivity contribution in [1.29, 1.82) is 0 Å². The van der Waals surface area contributed by atoms with E-state index in [9.17, 15) is 20.2 Å². The van der Waals surface area contributed by atoms with E-state index in [1.54, 1.807) is 31.2 Å². The molecule has 0 bridgehead atoms. The van der Waals surface area contributed by atoms with Crippen molar-refractivity contribution in [3.8, 4) is 0 Å². The molecule has 0 radical (unpaired) electrons. The monoisotopic (exact) mass is 463 g/mol. The summed E-state index contributed by atoms with van der Waals surface area (Å²) in [6.07, 6.45) is 2.08. The summed E-state index contributed by atoms with van der Waals surface area (Å²) in [5.74, 6) is 0.960. The molecule has 174 valence electrons. The minimum atomic E-state index is -0.467. The van der Waals surface area contributed by atoms with Gasteiger partial charge in [0.15, 0.2) is 0 Å². The Labute approximate surface area is 193 Å². The smallest absolute Gasteiger partial charge is 0.269 e. The Bertz CT molecular complexity index is 1220. The van der Waals surface area contributed by atoms with Gasteiger partial charge in [-0.3, -0.25) is 20.2 Å². The summed E-state index contributed by atoms with van der Waals surface area (Å²) in [6.45, 7) is 3.41. The van der Waals surface area contributed by atoms with Crippen LogP contribution in [0.5, 0.6) is 0 Å². The van der Waals surface area contributed by atoms with Crippen LogP contribution < -0.4 is 15.6 Å². The number of nitro groups is 2. The predicted molar refractivity (Wildman–Crippen MR) is 127 cm³/mol. The predicted octanol–water partition coefficient (Wildman–Crippen LogP) is 3.87. The van der Waals surface area contributed by atoms with Crippen LogP contribution in [0.1, 0.15) is 25.3 Å². The summed E-state index contributed by atoms with van der Waals surface area (Å²) < 4.78 is 0. The van der Waals surface area contributed by atoms with Gasteiger partial charge >= 0.3 is 0 Å². The standard InChI is InChI=1S/C21H21N9O4/c1-14(15-4-8-17(9-5-15)29(31)32)26-27-20-23-19(24-21(25-20)28-12-2-3-13-28)22-16-6-10-18(11-7-16)30(33)34/h4-11H,2-3,12-13H2,1H3,(H2,22,23,24,25,27)/b26-14-. The number of aromatic nitrogens is 3. The van der Waals surface area contributed by atoms with Crippen LogP contribution in [0.2, 0.25) is 0 Å². The van der Waals surface area contributed by atoms with Gasteiger partial charge in [0, 0.05) is 43.0 Å². The molecule has 0 saturated carbocycles. The lowest BCUT2D eigenvalue weighted by molar-refractivity contribution is -0.385. The fourth-order valence-electron chi connectivity index (χ4n) is 3.35. The van der Waals surface area contributed by atoms with Gasteiger partial charge in [-0.15, -0.1) is 0 Å². The summed E-state index contributed by atoms with van der Waals surface area (Å²) in [5.41, 5.74) is 4.69. The number of nitrogens with zero attached hydrogens (tertiary/aromatic N) is 7. The summed E-state index contributed by atoms with van der Waals surface area (Å²) in [6, 6.07) is 12.0. The van der Waals surface area contributed by atoms with Crippen molar-refractivity contribution < 1.29 is 9.85 Å². The zero-order valence-corrected chi connectivity index (χ0v) is 18.2. The number of rotatable bonds is 8. The molecule has 13 nitrogen and oxygen atoms in total. The molecule has 3 aromatic rings. The van der Waals surface area contributed by atoms with Crippen molar-refractivity contribution in [2.24, 2.45) is 5.10 Å². The average molecular weight is 463 g/mol. The number of hydrazone groups is 1. The van der Waals surface area contributed by atoms with Crippen LogP contribution in [-0.2, 0) is 0 Å². The molecule has 1 aliphatic heterocycles. The number of nitrogens with one attached hydrogen (secondary N) is 2. The minimum absolute atomic E-state index is 0.000749. The molecule has 0 aliphatic carbocycles. The first-order valence-corrected chi connectivity index (χ1v) is 10.5. The number of anilines is 4. The van der Waals surface area contributed by atoms with Gasteiger partial charge in [0.2, 0.25) is 17.8 Å². The largest absolute Gasteiger partial charge is 0.341 e. The average Bonchev–Trinajstić information content (AvgIpc) is 3.38. The maximum absolute atomic E-state index is 10.9. The molecule has 0 spiro atoms. The van der Waals surface area contributed by atoms with Crippen LogP contribution in [0.25, 0.3) is 0 Å². The van der Waals surface area contributed by atoms with Gasteiger partial charge in [0.1, 0.15) is 0 Å². The van der Waals surface area contributed by atoms with Crippen LogP contribution in [0.3, 0.4) is 0 Å². The van der Waals surface area contributed by atoms with E-state index in [1.807, 2.05) is 4.90 Å². The molecule has 1 fully saturated rings. The number of benzene rings is 2. The first kappa shape index (κ1) is 22.5. The Hall–Kier alpha value is -4.68. The number of nitro benzene ring substituents is 2. The topological polar surface area (TPSA) is 165 Å². The second-order valence-electron chi connectivity index (χ2n) is 7.52. The number of hydrogen-bond acceptors (Lipinski definition) is 11. The molecular formula is C21H21N9O4. The molecule has 1 saturated heterocycles. The maximum Gasteiger partial charge on any atom is 0.269 e. The molecular weight excluding hydrogens is 442 g/mol. The van der Waals surface area contributed by atoms with Gasteiger partial charge in [-0.05, 0) is 49.6 Å². The molecule has 13 heteroatoms. The quantitative estimate of drug-likeness (QED) is 0.284. The van der Waals surface area contributed by atoms with E-state index in [2.05, 4.69) is 30.8 Å². The van der Waals surface area contributed by atoms with Crippen molar-refractivity contribution in [2.45, 2.75) is 19.8 Å². The Morgan fingerprint density at radius 3 is 2.03 bits per heavy atom. The lowest BCUT2D eigenvalue weighted by atomic mass is 10.1. The Balaban J connectivity index is 1.56. The Morgan fingerprint density at radius 1 is 0.882 bits per heavy atom. The van der Waals surface area contributed by atoms with Gasteiger partial charge in [-0.1, -0.05) is 0 Å².